The molecule has 1 amide bonds. The number of carbonyl (C=O) groups excluding carboxylic acids is 1. The zero-order valence-corrected chi connectivity index (χ0v) is 10.5. The summed E-state index contributed by atoms with van der Waals surface area (Å²) in [5.74, 6) is -1.06. The summed E-state index contributed by atoms with van der Waals surface area (Å²) < 4.78 is 13.2. The van der Waals surface area contributed by atoms with Crippen LogP contribution in [0.3, 0.4) is 0 Å². The molecule has 0 spiro atoms. The van der Waals surface area contributed by atoms with Crippen molar-refractivity contribution in [2.45, 2.75) is 0 Å². The van der Waals surface area contributed by atoms with Crippen LogP contribution in [-0.4, -0.2) is 5.91 Å². The number of benzene rings is 2. The lowest BCUT2D eigenvalue weighted by Gasteiger charge is -2.12. The molecule has 98 valence electrons. The fourth-order valence-corrected chi connectivity index (χ4v) is 1.78. The van der Waals surface area contributed by atoms with Crippen molar-refractivity contribution in [2.24, 2.45) is 5.73 Å². The number of hydrogen-bond donors (Lipinski definition) is 3. The van der Waals surface area contributed by atoms with Crippen molar-refractivity contribution in [1.82, 2.24) is 0 Å². The van der Waals surface area contributed by atoms with E-state index in [1.807, 2.05) is 0 Å². The molecule has 6 heteroatoms. The molecule has 0 fully saturated rings. The van der Waals surface area contributed by atoms with Gasteiger partial charge in [-0.05, 0) is 36.4 Å². The molecule has 4 nitrogen and oxygen atoms in total. The fourth-order valence-electron chi connectivity index (χ4n) is 1.62. The number of nitrogens with two attached hydrogens (primary N) is 2. The monoisotopic (exact) mass is 279 g/mol. The van der Waals surface area contributed by atoms with Crippen LogP contribution in [0.5, 0.6) is 0 Å². The quantitative estimate of drug-likeness (QED) is 0.756. The van der Waals surface area contributed by atoms with Gasteiger partial charge in [-0.1, -0.05) is 11.6 Å². The topological polar surface area (TPSA) is 81.1 Å². The van der Waals surface area contributed by atoms with Gasteiger partial charge >= 0.3 is 0 Å². The number of amides is 1. The molecule has 0 atom stereocenters. The molecule has 2 rings (SSSR count). The number of carbonyl (C=O) groups is 1. The Morgan fingerprint density at radius 3 is 2.58 bits per heavy atom. The lowest BCUT2D eigenvalue weighted by molar-refractivity contribution is 0.100. The fraction of sp³-hybridized carbons (Fsp3) is 0. The third-order valence-corrected chi connectivity index (χ3v) is 2.84. The number of nitrogens with one attached hydrogen (secondary N) is 1. The number of rotatable bonds is 3. The van der Waals surface area contributed by atoms with Crippen LogP contribution in [0.15, 0.2) is 36.4 Å². The number of nitrogen functional groups attached to an aromatic ring is 1. The molecule has 5 N–H and O–H groups in total. The minimum absolute atomic E-state index is 0.245. The number of anilines is 3. The lowest BCUT2D eigenvalue weighted by atomic mass is 10.1. The Hall–Kier alpha value is -2.27. The van der Waals surface area contributed by atoms with Crippen molar-refractivity contribution in [3.05, 3.63) is 52.8 Å². The largest absolute Gasteiger partial charge is 0.399 e. The van der Waals surface area contributed by atoms with E-state index in [1.165, 1.54) is 30.3 Å². The zero-order valence-electron chi connectivity index (χ0n) is 9.78. The van der Waals surface area contributed by atoms with Crippen molar-refractivity contribution in [3.8, 4) is 0 Å². The molecule has 0 bridgehead atoms. The smallest absolute Gasteiger partial charge is 0.250 e. The molecule has 0 radical (unpaired) electrons. The summed E-state index contributed by atoms with van der Waals surface area (Å²) in [6, 6.07) is 8.45. The molecule has 0 saturated heterocycles. The molecule has 0 unspecified atom stereocenters. The molecule has 0 saturated carbocycles. The Kier molecular flexibility index (Phi) is 3.57. The van der Waals surface area contributed by atoms with Gasteiger partial charge in [0.15, 0.2) is 0 Å². The van der Waals surface area contributed by atoms with E-state index in [0.29, 0.717) is 22.1 Å². The van der Waals surface area contributed by atoms with E-state index in [4.69, 9.17) is 23.1 Å². The first-order valence-corrected chi connectivity index (χ1v) is 5.76. The Morgan fingerprint density at radius 1 is 1.16 bits per heavy atom. The van der Waals surface area contributed by atoms with Crippen LogP contribution in [0.4, 0.5) is 21.5 Å². The summed E-state index contributed by atoms with van der Waals surface area (Å²) in [6.07, 6.45) is 0. The Bertz CT molecular complexity index is 646. The molecule has 0 aliphatic carbocycles. The highest BCUT2D eigenvalue weighted by atomic mass is 35.5. The van der Waals surface area contributed by atoms with E-state index in [9.17, 15) is 9.18 Å². The average molecular weight is 280 g/mol. The van der Waals surface area contributed by atoms with Gasteiger partial charge in [-0.3, -0.25) is 4.79 Å². The summed E-state index contributed by atoms with van der Waals surface area (Å²) >= 11 is 5.94. The molecule has 2 aromatic rings. The molecule has 0 aliphatic heterocycles. The molecule has 0 heterocycles. The van der Waals surface area contributed by atoms with E-state index in [0.717, 1.165) is 0 Å². The molecular formula is C13H11ClFN3O. The van der Waals surface area contributed by atoms with E-state index in [-0.39, 0.29) is 5.56 Å². The average Bonchev–Trinajstić information content (AvgIpc) is 2.33. The minimum Gasteiger partial charge on any atom is -0.399 e. The summed E-state index contributed by atoms with van der Waals surface area (Å²) in [4.78, 5) is 11.3. The first-order valence-electron chi connectivity index (χ1n) is 5.39. The molecule has 0 aliphatic rings. The van der Waals surface area contributed by atoms with E-state index in [2.05, 4.69) is 5.32 Å². The summed E-state index contributed by atoms with van der Waals surface area (Å²) in [5, 5.41) is 3.17. The maximum atomic E-state index is 13.2. The molecule has 0 aromatic heterocycles. The van der Waals surface area contributed by atoms with Crippen LogP contribution in [0.25, 0.3) is 0 Å². The van der Waals surface area contributed by atoms with Crippen LogP contribution in [0.1, 0.15) is 10.4 Å². The van der Waals surface area contributed by atoms with Crippen molar-refractivity contribution >= 4 is 34.6 Å². The van der Waals surface area contributed by atoms with Crippen molar-refractivity contribution in [1.29, 1.82) is 0 Å². The maximum Gasteiger partial charge on any atom is 0.250 e. The standard InChI is InChI=1S/C13H11ClFN3O/c14-10-4-1-7(15)5-12(10)18-11-6-8(16)2-3-9(11)13(17)19/h1-6,18H,16H2,(H2,17,19). The van der Waals surface area contributed by atoms with Gasteiger partial charge in [0.1, 0.15) is 5.82 Å². The maximum absolute atomic E-state index is 13.2. The zero-order chi connectivity index (χ0) is 14.0. The van der Waals surface area contributed by atoms with Crippen LogP contribution in [0.2, 0.25) is 5.02 Å². The molecule has 19 heavy (non-hydrogen) atoms. The Balaban J connectivity index is 2.45. The number of halogens is 2. The van der Waals surface area contributed by atoms with Crippen LogP contribution in [0, 0.1) is 5.82 Å². The lowest BCUT2D eigenvalue weighted by Crippen LogP contribution is -2.13. The van der Waals surface area contributed by atoms with E-state index < -0.39 is 11.7 Å². The van der Waals surface area contributed by atoms with Gasteiger partial charge < -0.3 is 16.8 Å². The van der Waals surface area contributed by atoms with Gasteiger partial charge in [0.2, 0.25) is 0 Å². The summed E-state index contributed by atoms with van der Waals surface area (Å²) in [5.41, 5.74) is 12.3. The highest BCUT2D eigenvalue weighted by Gasteiger charge is 2.10. The summed E-state index contributed by atoms with van der Waals surface area (Å²) in [7, 11) is 0. The highest BCUT2D eigenvalue weighted by Crippen LogP contribution is 2.29. The third-order valence-electron chi connectivity index (χ3n) is 2.51. The number of hydrogen-bond acceptors (Lipinski definition) is 3. The summed E-state index contributed by atoms with van der Waals surface area (Å²) in [6.45, 7) is 0. The first-order chi connectivity index (χ1) is 8.97. The molecular weight excluding hydrogens is 269 g/mol. The first kappa shape index (κ1) is 13.2. The van der Waals surface area contributed by atoms with Crippen molar-refractivity contribution in [2.75, 3.05) is 11.1 Å². The van der Waals surface area contributed by atoms with E-state index >= 15 is 0 Å². The van der Waals surface area contributed by atoms with Gasteiger partial charge in [0.25, 0.3) is 5.91 Å². The second kappa shape index (κ2) is 5.16. The molecule has 2 aromatic carbocycles. The van der Waals surface area contributed by atoms with Crippen LogP contribution >= 0.6 is 11.6 Å². The van der Waals surface area contributed by atoms with Gasteiger partial charge in [-0.2, -0.15) is 0 Å². The third kappa shape index (κ3) is 2.95. The van der Waals surface area contributed by atoms with Crippen LogP contribution in [-0.2, 0) is 0 Å². The SMILES string of the molecule is NC(=O)c1ccc(N)cc1Nc1cc(F)ccc1Cl. The predicted octanol–water partition coefficient (Wildman–Crippen LogP) is 2.90. The second-order valence-electron chi connectivity index (χ2n) is 3.92. The normalized spacial score (nSPS) is 10.2. The minimum atomic E-state index is -0.616. The van der Waals surface area contributed by atoms with E-state index in [1.54, 1.807) is 6.07 Å². The van der Waals surface area contributed by atoms with Gasteiger partial charge in [-0.15, -0.1) is 0 Å². The van der Waals surface area contributed by atoms with Crippen molar-refractivity contribution in [3.63, 3.8) is 0 Å². The Morgan fingerprint density at radius 2 is 1.89 bits per heavy atom. The Labute approximate surface area is 114 Å². The van der Waals surface area contributed by atoms with Gasteiger partial charge in [0.05, 0.1) is 22.0 Å². The van der Waals surface area contributed by atoms with Crippen molar-refractivity contribution < 1.29 is 9.18 Å². The van der Waals surface area contributed by atoms with Crippen LogP contribution < -0.4 is 16.8 Å². The van der Waals surface area contributed by atoms with Gasteiger partial charge in [-0.25, -0.2) is 4.39 Å². The van der Waals surface area contributed by atoms with Gasteiger partial charge in [0, 0.05) is 5.69 Å². The predicted molar refractivity (Wildman–Crippen MR) is 74.1 cm³/mol. The number of primary amides is 1. The highest BCUT2D eigenvalue weighted by molar-refractivity contribution is 6.33. The second-order valence-corrected chi connectivity index (χ2v) is 4.33.